The standard InChI is InChI=1S/C17H15BrN2O3/c1-10-3-8-15(14(18)9-10)20-17(23)16(22)19-13-6-4-12(5-7-13)11(2)21/h3-9H,1-2H3,(H,19,22)(H,20,23). The number of benzene rings is 2. The van der Waals surface area contributed by atoms with Crippen molar-refractivity contribution in [3.8, 4) is 0 Å². The molecule has 0 spiro atoms. The minimum Gasteiger partial charge on any atom is -0.318 e. The predicted octanol–water partition coefficient (Wildman–Crippen LogP) is 3.54. The van der Waals surface area contributed by atoms with Gasteiger partial charge >= 0.3 is 11.8 Å². The maximum atomic E-state index is 11.9. The van der Waals surface area contributed by atoms with E-state index in [1.54, 1.807) is 30.3 Å². The third-order valence-corrected chi connectivity index (χ3v) is 3.78. The number of hydrogen-bond donors (Lipinski definition) is 2. The number of rotatable bonds is 3. The van der Waals surface area contributed by atoms with Crippen molar-refractivity contribution in [3.63, 3.8) is 0 Å². The molecule has 0 atom stereocenters. The zero-order valence-electron chi connectivity index (χ0n) is 12.6. The fourth-order valence-electron chi connectivity index (χ4n) is 1.88. The zero-order valence-corrected chi connectivity index (χ0v) is 14.2. The minimum atomic E-state index is -0.784. The van der Waals surface area contributed by atoms with Crippen molar-refractivity contribution in [2.24, 2.45) is 0 Å². The third kappa shape index (κ3) is 4.50. The lowest BCUT2D eigenvalue weighted by molar-refractivity contribution is -0.133. The highest BCUT2D eigenvalue weighted by Gasteiger charge is 2.15. The van der Waals surface area contributed by atoms with Gasteiger partial charge in [0, 0.05) is 15.7 Å². The fraction of sp³-hybridized carbons (Fsp3) is 0.118. The summed E-state index contributed by atoms with van der Waals surface area (Å²) >= 11 is 3.33. The Morgan fingerprint density at radius 1 is 0.913 bits per heavy atom. The molecule has 5 nitrogen and oxygen atoms in total. The van der Waals surface area contributed by atoms with Crippen LogP contribution < -0.4 is 10.6 Å². The summed E-state index contributed by atoms with van der Waals surface area (Å²) in [6.45, 7) is 3.38. The molecule has 6 heteroatoms. The molecule has 0 radical (unpaired) electrons. The normalized spacial score (nSPS) is 10.0. The number of hydrogen-bond acceptors (Lipinski definition) is 3. The van der Waals surface area contributed by atoms with E-state index in [2.05, 4.69) is 26.6 Å². The van der Waals surface area contributed by atoms with E-state index >= 15 is 0 Å². The van der Waals surface area contributed by atoms with Gasteiger partial charge in [-0.25, -0.2) is 0 Å². The average molecular weight is 375 g/mol. The molecule has 2 amide bonds. The lowest BCUT2D eigenvalue weighted by Gasteiger charge is -2.09. The van der Waals surface area contributed by atoms with Crippen molar-refractivity contribution in [3.05, 3.63) is 58.1 Å². The van der Waals surface area contributed by atoms with Crippen LogP contribution >= 0.6 is 15.9 Å². The fourth-order valence-corrected chi connectivity index (χ4v) is 2.47. The Morgan fingerprint density at radius 3 is 2.09 bits per heavy atom. The molecule has 2 rings (SSSR count). The summed E-state index contributed by atoms with van der Waals surface area (Å²) < 4.78 is 0.699. The molecule has 23 heavy (non-hydrogen) atoms. The summed E-state index contributed by atoms with van der Waals surface area (Å²) in [7, 11) is 0. The Balaban J connectivity index is 2.02. The Hall–Kier alpha value is -2.47. The number of carbonyl (C=O) groups excluding carboxylic acids is 3. The highest BCUT2D eigenvalue weighted by molar-refractivity contribution is 9.10. The van der Waals surface area contributed by atoms with Gasteiger partial charge in [0.15, 0.2) is 5.78 Å². The summed E-state index contributed by atoms with van der Waals surface area (Å²) in [6.07, 6.45) is 0. The molecule has 0 fully saturated rings. The van der Waals surface area contributed by atoms with E-state index in [9.17, 15) is 14.4 Å². The number of ketones is 1. The second-order valence-electron chi connectivity index (χ2n) is 5.03. The average Bonchev–Trinajstić information content (AvgIpc) is 2.50. The Kier molecular flexibility index (Phi) is 5.28. The maximum Gasteiger partial charge on any atom is 0.314 e. The second kappa shape index (κ2) is 7.19. The summed E-state index contributed by atoms with van der Waals surface area (Å²) in [5.74, 6) is -1.62. The number of amides is 2. The zero-order chi connectivity index (χ0) is 17.0. The van der Waals surface area contributed by atoms with Crippen molar-refractivity contribution in [2.45, 2.75) is 13.8 Å². The van der Waals surface area contributed by atoms with Crippen LogP contribution in [0.15, 0.2) is 46.9 Å². The molecule has 2 N–H and O–H groups in total. The number of aryl methyl sites for hydroxylation is 1. The van der Waals surface area contributed by atoms with Gasteiger partial charge in [-0.3, -0.25) is 14.4 Å². The van der Waals surface area contributed by atoms with Crippen molar-refractivity contribution in [1.29, 1.82) is 0 Å². The number of anilines is 2. The number of nitrogens with one attached hydrogen (secondary N) is 2. The molecular weight excluding hydrogens is 360 g/mol. The van der Waals surface area contributed by atoms with Crippen LogP contribution in [-0.4, -0.2) is 17.6 Å². The molecule has 118 valence electrons. The van der Waals surface area contributed by atoms with E-state index in [1.165, 1.54) is 6.92 Å². The Bertz CT molecular complexity index is 770. The first-order valence-corrected chi connectivity index (χ1v) is 7.65. The van der Waals surface area contributed by atoms with Crippen molar-refractivity contribution >= 4 is 44.9 Å². The van der Waals surface area contributed by atoms with Gasteiger partial charge in [0.1, 0.15) is 0 Å². The first-order chi connectivity index (χ1) is 10.9. The van der Waals surface area contributed by atoms with E-state index in [-0.39, 0.29) is 5.78 Å². The highest BCUT2D eigenvalue weighted by atomic mass is 79.9. The molecule has 0 unspecified atom stereocenters. The molecule has 0 saturated carbocycles. The SMILES string of the molecule is CC(=O)c1ccc(NC(=O)C(=O)Nc2ccc(C)cc2Br)cc1. The van der Waals surface area contributed by atoms with Gasteiger partial charge in [0.2, 0.25) is 0 Å². The molecule has 0 aliphatic rings. The molecule has 0 heterocycles. The largest absolute Gasteiger partial charge is 0.318 e. The molecule has 0 aromatic heterocycles. The summed E-state index contributed by atoms with van der Waals surface area (Å²) in [5, 5.41) is 5.02. The van der Waals surface area contributed by atoms with E-state index in [4.69, 9.17) is 0 Å². The smallest absolute Gasteiger partial charge is 0.314 e. The topological polar surface area (TPSA) is 75.3 Å². The molecule has 0 bridgehead atoms. The molecule has 0 aliphatic heterocycles. The van der Waals surface area contributed by atoms with Gasteiger partial charge < -0.3 is 10.6 Å². The van der Waals surface area contributed by atoms with Crippen LogP contribution in [0.2, 0.25) is 0 Å². The van der Waals surface area contributed by atoms with Gasteiger partial charge in [0.05, 0.1) is 5.69 Å². The van der Waals surface area contributed by atoms with Crippen LogP contribution in [0.3, 0.4) is 0 Å². The van der Waals surface area contributed by atoms with Crippen molar-refractivity contribution < 1.29 is 14.4 Å². The Labute approximate surface area is 142 Å². The van der Waals surface area contributed by atoms with Crippen LogP contribution in [0.4, 0.5) is 11.4 Å². The van der Waals surface area contributed by atoms with Crippen LogP contribution in [0.1, 0.15) is 22.8 Å². The first-order valence-electron chi connectivity index (χ1n) is 6.86. The van der Waals surface area contributed by atoms with Crippen LogP contribution in [0, 0.1) is 6.92 Å². The third-order valence-electron chi connectivity index (χ3n) is 3.13. The van der Waals surface area contributed by atoms with Crippen LogP contribution in [0.25, 0.3) is 0 Å². The Morgan fingerprint density at radius 2 is 1.52 bits per heavy atom. The number of carbonyl (C=O) groups is 3. The quantitative estimate of drug-likeness (QED) is 0.637. The number of halogens is 1. The van der Waals surface area contributed by atoms with Crippen molar-refractivity contribution in [1.82, 2.24) is 0 Å². The summed E-state index contributed by atoms with van der Waals surface area (Å²) in [6, 6.07) is 11.7. The second-order valence-corrected chi connectivity index (χ2v) is 5.88. The first kappa shape index (κ1) is 16.9. The van der Waals surface area contributed by atoms with Crippen LogP contribution in [-0.2, 0) is 9.59 Å². The molecule has 0 aliphatic carbocycles. The van der Waals surface area contributed by atoms with E-state index in [1.807, 2.05) is 19.1 Å². The lowest BCUT2D eigenvalue weighted by atomic mass is 10.1. The number of Topliss-reactive ketones (excluding diaryl/α,β-unsaturated/α-hetero) is 1. The van der Waals surface area contributed by atoms with E-state index in [0.29, 0.717) is 21.4 Å². The van der Waals surface area contributed by atoms with Gasteiger partial charge in [-0.2, -0.15) is 0 Å². The molecular formula is C17H15BrN2O3. The maximum absolute atomic E-state index is 11.9. The van der Waals surface area contributed by atoms with Gasteiger partial charge in [-0.1, -0.05) is 6.07 Å². The lowest BCUT2D eigenvalue weighted by Crippen LogP contribution is -2.29. The van der Waals surface area contributed by atoms with Gasteiger partial charge in [-0.05, 0) is 71.7 Å². The predicted molar refractivity (Wildman–Crippen MR) is 92.6 cm³/mol. The highest BCUT2D eigenvalue weighted by Crippen LogP contribution is 2.23. The molecule has 2 aromatic rings. The summed E-state index contributed by atoms with van der Waals surface area (Å²) in [5.41, 5.74) is 2.53. The van der Waals surface area contributed by atoms with Gasteiger partial charge in [-0.15, -0.1) is 0 Å². The van der Waals surface area contributed by atoms with Crippen molar-refractivity contribution in [2.75, 3.05) is 10.6 Å². The molecule has 0 saturated heterocycles. The van der Waals surface area contributed by atoms with Gasteiger partial charge in [0.25, 0.3) is 0 Å². The van der Waals surface area contributed by atoms with Crippen LogP contribution in [0.5, 0.6) is 0 Å². The molecule has 2 aromatic carbocycles. The summed E-state index contributed by atoms with van der Waals surface area (Å²) in [4.78, 5) is 35.0. The van der Waals surface area contributed by atoms with E-state index < -0.39 is 11.8 Å². The minimum absolute atomic E-state index is 0.0650. The monoisotopic (exact) mass is 374 g/mol. The van der Waals surface area contributed by atoms with E-state index in [0.717, 1.165) is 5.56 Å².